The second-order valence-corrected chi connectivity index (χ2v) is 6.27. The molecule has 0 aliphatic rings. The van der Waals surface area contributed by atoms with E-state index < -0.39 is 0 Å². The van der Waals surface area contributed by atoms with Crippen LogP contribution in [0.5, 0.6) is 0 Å². The molecule has 0 radical (unpaired) electrons. The molecule has 0 aliphatic carbocycles. The second kappa shape index (κ2) is 5.49. The van der Waals surface area contributed by atoms with E-state index in [1.807, 2.05) is 48.7 Å². The Morgan fingerprint density at radius 3 is 2.54 bits per heavy atom. The Bertz CT molecular complexity index is 1240. The first-order valence-electron chi connectivity index (χ1n) is 8.43. The van der Waals surface area contributed by atoms with Crippen molar-refractivity contribution in [3.05, 3.63) is 72.4 Å². The van der Waals surface area contributed by atoms with E-state index in [4.69, 9.17) is 4.98 Å². The van der Waals surface area contributed by atoms with Gasteiger partial charge in [0.2, 0.25) is 0 Å². The number of rotatable bonds is 2. The van der Waals surface area contributed by atoms with Gasteiger partial charge in [-0.25, -0.2) is 14.5 Å². The van der Waals surface area contributed by atoms with Gasteiger partial charge in [0, 0.05) is 17.5 Å². The van der Waals surface area contributed by atoms with Gasteiger partial charge in [0.25, 0.3) is 0 Å². The van der Waals surface area contributed by atoms with Crippen molar-refractivity contribution in [3.8, 4) is 17.1 Å². The van der Waals surface area contributed by atoms with Gasteiger partial charge in [0.05, 0.1) is 17.3 Å². The Balaban J connectivity index is 1.83. The molecule has 6 nitrogen and oxygen atoms in total. The van der Waals surface area contributed by atoms with Crippen LogP contribution in [0.15, 0.2) is 61.2 Å². The lowest BCUT2D eigenvalue weighted by atomic mass is 10.2. The molecule has 1 aromatic carbocycles. The van der Waals surface area contributed by atoms with Crippen LogP contribution in [0.3, 0.4) is 0 Å². The normalized spacial score (nSPS) is 11.5. The minimum absolute atomic E-state index is 0.700. The third-order valence-electron chi connectivity index (χ3n) is 4.77. The summed E-state index contributed by atoms with van der Waals surface area (Å²) < 4.78 is 3.87. The molecule has 0 spiro atoms. The fourth-order valence-corrected chi connectivity index (χ4v) is 3.37. The maximum absolute atomic E-state index is 4.80. The van der Waals surface area contributed by atoms with Gasteiger partial charge in [-0.3, -0.25) is 9.55 Å². The molecule has 0 saturated carbocycles. The minimum atomic E-state index is 0.700. The largest absolute Gasteiger partial charge is 0.297 e. The Morgan fingerprint density at radius 2 is 1.77 bits per heavy atom. The molecule has 4 aromatic heterocycles. The average Bonchev–Trinajstić information content (AvgIpc) is 3.23. The third kappa shape index (κ3) is 2.05. The van der Waals surface area contributed by atoms with Crippen LogP contribution in [0.25, 0.3) is 33.8 Å². The summed E-state index contributed by atoms with van der Waals surface area (Å²) in [7, 11) is 0. The zero-order valence-corrected chi connectivity index (χ0v) is 14.5. The van der Waals surface area contributed by atoms with E-state index in [2.05, 4.69) is 33.5 Å². The van der Waals surface area contributed by atoms with Gasteiger partial charge in [-0.2, -0.15) is 0 Å². The first-order chi connectivity index (χ1) is 12.7. The van der Waals surface area contributed by atoms with E-state index >= 15 is 0 Å². The van der Waals surface area contributed by atoms with E-state index in [-0.39, 0.29) is 0 Å². The SMILES string of the molecule is Cc1c(C)n(-c2cccnc2)c2ncn3nc(-c4ccccc4)nc3c12. The van der Waals surface area contributed by atoms with Crippen LogP contribution in [-0.2, 0) is 0 Å². The number of aryl methyl sites for hydroxylation is 1. The lowest BCUT2D eigenvalue weighted by Gasteiger charge is -2.06. The van der Waals surface area contributed by atoms with E-state index in [9.17, 15) is 0 Å². The second-order valence-electron chi connectivity index (χ2n) is 6.27. The Morgan fingerprint density at radius 1 is 0.923 bits per heavy atom. The fraction of sp³-hybridized carbons (Fsp3) is 0.100. The van der Waals surface area contributed by atoms with Crippen molar-refractivity contribution in [1.29, 1.82) is 0 Å². The van der Waals surface area contributed by atoms with Crippen molar-refractivity contribution in [2.45, 2.75) is 13.8 Å². The molecule has 0 N–H and O–H groups in total. The molecule has 0 aliphatic heterocycles. The molecular formula is C20H16N6. The summed E-state index contributed by atoms with van der Waals surface area (Å²) in [6.45, 7) is 4.19. The van der Waals surface area contributed by atoms with Crippen LogP contribution >= 0.6 is 0 Å². The Kier molecular flexibility index (Phi) is 3.12. The maximum atomic E-state index is 4.80. The minimum Gasteiger partial charge on any atom is -0.297 e. The predicted molar refractivity (Wildman–Crippen MR) is 100 cm³/mol. The first kappa shape index (κ1) is 14.8. The molecule has 4 heterocycles. The molecule has 0 unspecified atom stereocenters. The fourth-order valence-electron chi connectivity index (χ4n) is 3.37. The summed E-state index contributed by atoms with van der Waals surface area (Å²) in [6, 6.07) is 14.0. The smallest absolute Gasteiger partial charge is 0.182 e. The predicted octanol–water partition coefficient (Wildman–Crippen LogP) is 3.75. The number of hydrogen-bond donors (Lipinski definition) is 0. The standard InChI is InChI=1S/C20H16N6/c1-13-14(2)26(16-9-6-10-21-11-16)19-17(13)20-23-18(24-25(20)12-22-19)15-7-4-3-5-8-15/h3-12H,1-2H3. The van der Waals surface area contributed by atoms with Gasteiger partial charge in [-0.05, 0) is 31.5 Å². The van der Waals surface area contributed by atoms with Crippen LogP contribution < -0.4 is 0 Å². The Hall–Kier alpha value is -3.54. The van der Waals surface area contributed by atoms with Gasteiger partial charge >= 0.3 is 0 Å². The summed E-state index contributed by atoms with van der Waals surface area (Å²) in [5.41, 5.74) is 5.93. The van der Waals surface area contributed by atoms with Crippen molar-refractivity contribution in [2.75, 3.05) is 0 Å². The number of aromatic nitrogens is 6. The number of nitrogens with zero attached hydrogens (tertiary/aromatic N) is 6. The number of pyridine rings is 1. The number of benzene rings is 1. The van der Waals surface area contributed by atoms with E-state index in [1.54, 1.807) is 17.0 Å². The van der Waals surface area contributed by atoms with Crippen LogP contribution in [0.2, 0.25) is 0 Å². The zero-order chi connectivity index (χ0) is 17.7. The van der Waals surface area contributed by atoms with Crippen molar-refractivity contribution in [2.24, 2.45) is 0 Å². The molecule has 0 amide bonds. The van der Waals surface area contributed by atoms with Gasteiger partial charge in [-0.15, -0.1) is 5.10 Å². The summed E-state index contributed by atoms with van der Waals surface area (Å²) in [5, 5.41) is 5.62. The summed E-state index contributed by atoms with van der Waals surface area (Å²) in [4.78, 5) is 13.7. The van der Waals surface area contributed by atoms with Crippen molar-refractivity contribution < 1.29 is 0 Å². The molecule has 5 aromatic rings. The average molecular weight is 340 g/mol. The van der Waals surface area contributed by atoms with Gasteiger partial charge in [0.15, 0.2) is 17.1 Å². The summed E-state index contributed by atoms with van der Waals surface area (Å²) >= 11 is 0. The van der Waals surface area contributed by atoms with Crippen molar-refractivity contribution >= 4 is 16.7 Å². The third-order valence-corrected chi connectivity index (χ3v) is 4.77. The highest BCUT2D eigenvalue weighted by molar-refractivity contribution is 5.95. The molecule has 0 bridgehead atoms. The van der Waals surface area contributed by atoms with E-state index in [0.717, 1.165) is 39.2 Å². The highest BCUT2D eigenvalue weighted by Gasteiger charge is 2.19. The molecule has 126 valence electrons. The van der Waals surface area contributed by atoms with Crippen molar-refractivity contribution in [1.82, 2.24) is 29.1 Å². The van der Waals surface area contributed by atoms with Gasteiger partial charge < -0.3 is 0 Å². The van der Waals surface area contributed by atoms with Crippen molar-refractivity contribution in [3.63, 3.8) is 0 Å². The van der Waals surface area contributed by atoms with Gasteiger partial charge in [-0.1, -0.05) is 30.3 Å². The summed E-state index contributed by atoms with van der Waals surface area (Å²) in [5.74, 6) is 0.700. The van der Waals surface area contributed by atoms with E-state index in [1.165, 1.54) is 0 Å². The summed E-state index contributed by atoms with van der Waals surface area (Å²) in [6.07, 6.45) is 5.34. The monoisotopic (exact) mass is 340 g/mol. The molecular weight excluding hydrogens is 324 g/mol. The molecule has 5 rings (SSSR count). The van der Waals surface area contributed by atoms with E-state index in [0.29, 0.717) is 5.82 Å². The van der Waals surface area contributed by atoms with Crippen LogP contribution in [0.4, 0.5) is 0 Å². The molecule has 26 heavy (non-hydrogen) atoms. The highest BCUT2D eigenvalue weighted by atomic mass is 15.3. The number of hydrogen-bond acceptors (Lipinski definition) is 4. The molecule has 0 saturated heterocycles. The molecule has 0 fully saturated rings. The maximum Gasteiger partial charge on any atom is 0.182 e. The van der Waals surface area contributed by atoms with Gasteiger partial charge in [0.1, 0.15) is 6.33 Å². The highest BCUT2D eigenvalue weighted by Crippen LogP contribution is 2.30. The zero-order valence-electron chi connectivity index (χ0n) is 14.5. The lowest BCUT2D eigenvalue weighted by molar-refractivity contribution is 0.926. The van der Waals surface area contributed by atoms with Crippen LogP contribution in [0.1, 0.15) is 11.3 Å². The van der Waals surface area contributed by atoms with Crippen LogP contribution in [0, 0.1) is 13.8 Å². The lowest BCUT2D eigenvalue weighted by Crippen LogP contribution is -1.99. The molecule has 6 heteroatoms. The number of fused-ring (bicyclic) bond motifs is 3. The quantitative estimate of drug-likeness (QED) is 0.491. The first-order valence-corrected chi connectivity index (χ1v) is 8.43. The Labute approximate surface area is 149 Å². The topological polar surface area (TPSA) is 60.9 Å². The molecule has 0 atom stereocenters. The van der Waals surface area contributed by atoms with Crippen LogP contribution in [-0.4, -0.2) is 29.1 Å².